The SMILES string of the molecule is Cc1ccc(C(=O)NN=C(c2cccc(C)n2)c2cccc(C)n2)cc1. The van der Waals surface area contributed by atoms with E-state index in [9.17, 15) is 4.79 Å². The molecule has 1 N–H and O–H groups in total. The maximum atomic E-state index is 12.4. The van der Waals surface area contributed by atoms with E-state index < -0.39 is 0 Å². The Labute approximate surface area is 152 Å². The second kappa shape index (κ2) is 7.70. The number of nitrogens with zero attached hydrogens (tertiary/aromatic N) is 3. The van der Waals surface area contributed by atoms with E-state index in [1.54, 1.807) is 12.1 Å². The first kappa shape index (κ1) is 17.5. The van der Waals surface area contributed by atoms with Crippen LogP contribution in [0.1, 0.15) is 38.7 Å². The molecule has 0 fully saturated rings. The van der Waals surface area contributed by atoms with Gasteiger partial charge in [-0.1, -0.05) is 29.8 Å². The third-order valence-corrected chi connectivity index (χ3v) is 3.84. The van der Waals surface area contributed by atoms with Crippen molar-refractivity contribution in [1.82, 2.24) is 15.4 Å². The van der Waals surface area contributed by atoms with Crippen LogP contribution in [0.15, 0.2) is 65.8 Å². The fourth-order valence-corrected chi connectivity index (χ4v) is 2.47. The number of nitrogens with one attached hydrogen (secondary N) is 1. The molecule has 5 heteroatoms. The minimum Gasteiger partial charge on any atom is -0.267 e. The highest BCUT2D eigenvalue weighted by molar-refractivity contribution is 6.11. The van der Waals surface area contributed by atoms with Crippen LogP contribution < -0.4 is 5.43 Å². The van der Waals surface area contributed by atoms with E-state index >= 15 is 0 Å². The third kappa shape index (κ3) is 4.19. The molecule has 0 aliphatic heterocycles. The molecule has 3 rings (SSSR count). The molecule has 0 atom stereocenters. The molecule has 0 saturated heterocycles. The normalized spacial score (nSPS) is 10.3. The first-order valence-corrected chi connectivity index (χ1v) is 8.36. The highest BCUT2D eigenvalue weighted by atomic mass is 16.2. The molecule has 0 saturated carbocycles. The summed E-state index contributed by atoms with van der Waals surface area (Å²) in [6, 6.07) is 18.7. The zero-order chi connectivity index (χ0) is 18.5. The van der Waals surface area contributed by atoms with Gasteiger partial charge in [0.05, 0.1) is 11.4 Å². The summed E-state index contributed by atoms with van der Waals surface area (Å²) in [7, 11) is 0. The molecule has 2 aromatic heterocycles. The van der Waals surface area contributed by atoms with Crippen LogP contribution in [-0.2, 0) is 0 Å². The van der Waals surface area contributed by atoms with E-state index in [1.807, 2.05) is 69.3 Å². The van der Waals surface area contributed by atoms with Crippen LogP contribution in [0.25, 0.3) is 0 Å². The number of hydrazone groups is 1. The summed E-state index contributed by atoms with van der Waals surface area (Å²) in [4.78, 5) is 21.4. The molecule has 26 heavy (non-hydrogen) atoms. The lowest BCUT2D eigenvalue weighted by atomic mass is 10.1. The molecule has 0 aliphatic carbocycles. The monoisotopic (exact) mass is 344 g/mol. The zero-order valence-electron chi connectivity index (χ0n) is 15.0. The molecule has 0 bridgehead atoms. The standard InChI is InChI=1S/C21H20N4O/c1-14-10-12-17(13-11-14)21(26)25-24-20(18-8-4-6-15(2)22-18)19-9-5-7-16(3)23-19/h4-13H,1-3H3,(H,25,26). The summed E-state index contributed by atoms with van der Waals surface area (Å²) < 4.78 is 0. The van der Waals surface area contributed by atoms with Gasteiger partial charge < -0.3 is 0 Å². The van der Waals surface area contributed by atoms with Crippen LogP contribution in [0, 0.1) is 20.8 Å². The minimum atomic E-state index is -0.275. The molecule has 130 valence electrons. The lowest BCUT2D eigenvalue weighted by Gasteiger charge is -2.08. The predicted octanol–water partition coefficient (Wildman–Crippen LogP) is 3.58. The molecular formula is C21H20N4O. The molecule has 0 radical (unpaired) electrons. The lowest BCUT2D eigenvalue weighted by Crippen LogP contribution is -2.21. The van der Waals surface area contributed by atoms with Crippen molar-refractivity contribution in [2.45, 2.75) is 20.8 Å². The second-order valence-corrected chi connectivity index (χ2v) is 6.10. The Hall–Kier alpha value is -3.34. The van der Waals surface area contributed by atoms with Crippen molar-refractivity contribution in [3.8, 4) is 0 Å². The fraction of sp³-hybridized carbons (Fsp3) is 0.143. The van der Waals surface area contributed by atoms with Crippen molar-refractivity contribution in [3.05, 3.63) is 94.6 Å². The number of hydrogen-bond acceptors (Lipinski definition) is 4. The van der Waals surface area contributed by atoms with Crippen molar-refractivity contribution in [2.75, 3.05) is 0 Å². The average Bonchev–Trinajstić information content (AvgIpc) is 2.62. The van der Waals surface area contributed by atoms with Crippen LogP contribution in [0.3, 0.4) is 0 Å². The molecule has 3 aromatic rings. The molecule has 5 nitrogen and oxygen atoms in total. The van der Waals surface area contributed by atoms with Crippen LogP contribution in [0.4, 0.5) is 0 Å². The summed E-state index contributed by atoms with van der Waals surface area (Å²) in [5.41, 5.74) is 7.85. The number of benzene rings is 1. The maximum absolute atomic E-state index is 12.4. The minimum absolute atomic E-state index is 0.275. The van der Waals surface area contributed by atoms with E-state index in [-0.39, 0.29) is 5.91 Å². The molecule has 1 aromatic carbocycles. The van der Waals surface area contributed by atoms with Gasteiger partial charge in [-0.15, -0.1) is 0 Å². The fourth-order valence-electron chi connectivity index (χ4n) is 2.47. The third-order valence-electron chi connectivity index (χ3n) is 3.84. The van der Waals surface area contributed by atoms with Gasteiger partial charge in [0, 0.05) is 17.0 Å². The average molecular weight is 344 g/mol. The molecule has 0 spiro atoms. The number of pyridine rings is 2. The largest absolute Gasteiger partial charge is 0.271 e. The van der Waals surface area contributed by atoms with Gasteiger partial charge >= 0.3 is 0 Å². The van der Waals surface area contributed by atoms with Crippen molar-refractivity contribution in [2.24, 2.45) is 5.10 Å². The smallest absolute Gasteiger partial charge is 0.267 e. The van der Waals surface area contributed by atoms with Crippen LogP contribution in [0.5, 0.6) is 0 Å². The molecule has 2 heterocycles. The van der Waals surface area contributed by atoms with E-state index in [0.717, 1.165) is 17.0 Å². The first-order valence-electron chi connectivity index (χ1n) is 8.36. The summed E-state index contributed by atoms with van der Waals surface area (Å²) in [6.07, 6.45) is 0. The van der Waals surface area contributed by atoms with Crippen LogP contribution in [0.2, 0.25) is 0 Å². The quantitative estimate of drug-likeness (QED) is 0.581. The van der Waals surface area contributed by atoms with Gasteiger partial charge in [0.1, 0.15) is 5.71 Å². The summed E-state index contributed by atoms with van der Waals surface area (Å²) in [5.74, 6) is -0.275. The predicted molar refractivity (Wildman–Crippen MR) is 102 cm³/mol. The summed E-state index contributed by atoms with van der Waals surface area (Å²) in [5, 5.41) is 4.34. The lowest BCUT2D eigenvalue weighted by molar-refractivity contribution is 0.0955. The molecular weight excluding hydrogens is 324 g/mol. The Morgan fingerprint density at radius 2 is 1.35 bits per heavy atom. The topological polar surface area (TPSA) is 67.2 Å². The molecule has 1 amide bonds. The number of carbonyl (C=O) groups is 1. The maximum Gasteiger partial charge on any atom is 0.271 e. The van der Waals surface area contributed by atoms with Gasteiger partial charge in [-0.2, -0.15) is 5.10 Å². The van der Waals surface area contributed by atoms with E-state index in [1.165, 1.54) is 0 Å². The van der Waals surface area contributed by atoms with Gasteiger partial charge in [-0.3, -0.25) is 14.8 Å². The van der Waals surface area contributed by atoms with E-state index in [4.69, 9.17) is 0 Å². The van der Waals surface area contributed by atoms with Crippen molar-refractivity contribution in [1.29, 1.82) is 0 Å². The Morgan fingerprint density at radius 3 is 1.85 bits per heavy atom. The summed E-state index contributed by atoms with van der Waals surface area (Å²) in [6.45, 7) is 5.80. The Bertz CT molecular complexity index is 914. The number of amides is 1. The van der Waals surface area contributed by atoms with E-state index in [2.05, 4.69) is 20.5 Å². The van der Waals surface area contributed by atoms with Crippen molar-refractivity contribution < 1.29 is 4.79 Å². The number of carbonyl (C=O) groups excluding carboxylic acids is 1. The number of aromatic nitrogens is 2. The van der Waals surface area contributed by atoms with Crippen LogP contribution >= 0.6 is 0 Å². The van der Waals surface area contributed by atoms with Gasteiger partial charge in [0.25, 0.3) is 5.91 Å². The molecule has 0 unspecified atom stereocenters. The highest BCUT2D eigenvalue weighted by Gasteiger charge is 2.12. The van der Waals surface area contributed by atoms with Gasteiger partial charge in [0.15, 0.2) is 0 Å². The van der Waals surface area contributed by atoms with Gasteiger partial charge in [0.2, 0.25) is 0 Å². The number of aryl methyl sites for hydroxylation is 3. The van der Waals surface area contributed by atoms with Gasteiger partial charge in [-0.25, -0.2) is 5.43 Å². The van der Waals surface area contributed by atoms with Crippen molar-refractivity contribution in [3.63, 3.8) is 0 Å². The number of rotatable bonds is 4. The Kier molecular flexibility index (Phi) is 5.17. The Morgan fingerprint density at radius 1 is 0.808 bits per heavy atom. The second-order valence-electron chi connectivity index (χ2n) is 6.10. The van der Waals surface area contributed by atoms with Crippen LogP contribution in [-0.4, -0.2) is 21.6 Å². The summed E-state index contributed by atoms with van der Waals surface area (Å²) >= 11 is 0. The van der Waals surface area contributed by atoms with Gasteiger partial charge in [-0.05, 0) is 57.2 Å². The Balaban J connectivity index is 1.96. The first-order chi connectivity index (χ1) is 12.5. The zero-order valence-corrected chi connectivity index (χ0v) is 15.0. The molecule has 0 aliphatic rings. The highest BCUT2D eigenvalue weighted by Crippen LogP contribution is 2.09. The van der Waals surface area contributed by atoms with Crippen molar-refractivity contribution >= 4 is 11.6 Å². The van der Waals surface area contributed by atoms with E-state index in [0.29, 0.717) is 22.7 Å². The number of hydrogen-bond donors (Lipinski definition) is 1.